The molecule has 1 fully saturated rings. The summed E-state index contributed by atoms with van der Waals surface area (Å²) in [5, 5.41) is 20.6. The van der Waals surface area contributed by atoms with Gasteiger partial charge in [0.1, 0.15) is 5.82 Å². The number of fused-ring (bicyclic) bond motifs is 1. The number of hydrogen-bond acceptors (Lipinski definition) is 8. The molecule has 0 bridgehead atoms. The van der Waals surface area contributed by atoms with Gasteiger partial charge in [-0.05, 0) is 37.8 Å². The van der Waals surface area contributed by atoms with Crippen LogP contribution in [0.2, 0.25) is 0 Å². The van der Waals surface area contributed by atoms with E-state index >= 15 is 0 Å². The van der Waals surface area contributed by atoms with Crippen molar-refractivity contribution in [1.82, 2.24) is 34.7 Å². The van der Waals surface area contributed by atoms with E-state index in [1.165, 1.54) is 12.8 Å². The zero-order chi connectivity index (χ0) is 24.3. The minimum absolute atomic E-state index is 0.521. The number of H-pyrrole nitrogens is 1. The minimum atomic E-state index is -5.08. The van der Waals surface area contributed by atoms with Gasteiger partial charge < -0.3 is 15.7 Å². The van der Waals surface area contributed by atoms with Crippen LogP contribution in [0.1, 0.15) is 18.7 Å². The molecule has 1 saturated carbocycles. The lowest BCUT2D eigenvalue weighted by atomic mass is 10.3. The number of rotatable bonds is 6. The second-order valence-corrected chi connectivity index (χ2v) is 7.48. The van der Waals surface area contributed by atoms with E-state index in [4.69, 9.17) is 9.90 Å². The summed E-state index contributed by atoms with van der Waals surface area (Å²) in [6.07, 6.45) is -0.788. The molecule has 0 saturated heterocycles. The maximum atomic E-state index is 10.6. The second-order valence-electron chi connectivity index (χ2n) is 7.48. The van der Waals surface area contributed by atoms with Crippen LogP contribution in [0, 0.1) is 12.8 Å². The lowest BCUT2D eigenvalue weighted by Crippen LogP contribution is -2.21. The van der Waals surface area contributed by atoms with Gasteiger partial charge in [-0.3, -0.25) is 5.10 Å². The standard InChI is InChI=1S/C18H19N9.C2HF3O2/c1-11-21-16(19-10-12-6-7-12)25-17(22-11)27-14-5-3-2-4-13(14)23-18(27)24-15-8-9-20-26-15;3-2(4,5)1(6)7/h2-5,8-9,12H,6-7,10H2,1H3,(H,19,21,22,25)(H2,20,23,24,26);(H,6,7). The summed E-state index contributed by atoms with van der Waals surface area (Å²) in [5.41, 5.74) is 1.76. The third kappa shape index (κ3) is 5.57. The third-order valence-corrected chi connectivity index (χ3v) is 4.73. The normalized spacial score (nSPS) is 13.3. The number of nitrogens with one attached hydrogen (secondary N) is 3. The van der Waals surface area contributed by atoms with Gasteiger partial charge in [0.15, 0.2) is 5.82 Å². The fourth-order valence-corrected chi connectivity index (χ4v) is 2.96. The molecular formula is C20H20F3N9O2. The van der Waals surface area contributed by atoms with Crippen LogP contribution in [0.15, 0.2) is 36.5 Å². The SMILES string of the molecule is Cc1nc(NCC2CC2)nc(-n2c(Nc3cc[nH]n3)nc3ccccc32)n1.O=C(O)C(F)(F)F. The van der Waals surface area contributed by atoms with Crippen LogP contribution in [0.25, 0.3) is 17.0 Å². The molecule has 0 spiro atoms. The van der Waals surface area contributed by atoms with Crippen LogP contribution in [-0.4, -0.2) is 58.5 Å². The molecule has 0 aliphatic heterocycles. The number of halogens is 3. The molecule has 178 valence electrons. The number of para-hydroxylation sites is 2. The summed E-state index contributed by atoms with van der Waals surface area (Å²) in [6, 6.07) is 9.72. The van der Waals surface area contributed by atoms with E-state index in [2.05, 4.69) is 40.8 Å². The van der Waals surface area contributed by atoms with Gasteiger partial charge in [-0.25, -0.2) is 14.3 Å². The smallest absolute Gasteiger partial charge is 0.475 e. The quantitative estimate of drug-likeness (QED) is 0.329. The number of carbonyl (C=O) groups is 1. The zero-order valence-electron chi connectivity index (χ0n) is 17.8. The van der Waals surface area contributed by atoms with Gasteiger partial charge in [-0.2, -0.15) is 33.2 Å². The Morgan fingerprint density at radius 2 is 1.91 bits per heavy atom. The number of imidazole rings is 1. The number of carboxylic acids is 1. The number of benzene rings is 1. The van der Waals surface area contributed by atoms with Gasteiger partial charge in [0, 0.05) is 18.8 Å². The van der Waals surface area contributed by atoms with Gasteiger partial charge in [0.2, 0.25) is 17.8 Å². The van der Waals surface area contributed by atoms with Crippen molar-refractivity contribution < 1.29 is 23.1 Å². The lowest BCUT2D eigenvalue weighted by molar-refractivity contribution is -0.192. The Labute approximate surface area is 190 Å². The third-order valence-electron chi connectivity index (χ3n) is 4.73. The largest absolute Gasteiger partial charge is 0.490 e. The molecule has 0 amide bonds. The van der Waals surface area contributed by atoms with Crippen LogP contribution in [0.5, 0.6) is 0 Å². The predicted octanol–water partition coefficient (Wildman–Crippen LogP) is 3.44. The van der Waals surface area contributed by atoms with Crippen LogP contribution >= 0.6 is 0 Å². The van der Waals surface area contributed by atoms with Gasteiger partial charge >= 0.3 is 12.1 Å². The number of alkyl halides is 3. The van der Waals surface area contributed by atoms with Crippen LogP contribution < -0.4 is 10.6 Å². The molecule has 0 unspecified atom stereocenters. The first kappa shape index (κ1) is 22.9. The first-order valence-corrected chi connectivity index (χ1v) is 10.2. The Morgan fingerprint density at radius 3 is 2.56 bits per heavy atom. The number of aryl methyl sites for hydroxylation is 1. The highest BCUT2D eigenvalue weighted by Crippen LogP contribution is 2.29. The van der Waals surface area contributed by atoms with Crippen LogP contribution in [-0.2, 0) is 4.79 Å². The molecule has 0 radical (unpaired) electrons. The molecule has 11 nitrogen and oxygen atoms in total. The van der Waals surface area contributed by atoms with Gasteiger partial charge in [0.05, 0.1) is 11.0 Å². The number of aromatic nitrogens is 7. The molecule has 14 heteroatoms. The van der Waals surface area contributed by atoms with Crippen molar-refractivity contribution in [3.8, 4) is 5.95 Å². The first-order chi connectivity index (χ1) is 16.2. The number of hydrogen-bond donors (Lipinski definition) is 4. The van der Waals surface area contributed by atoms with Gasteiger partial charge in [-0.1, -0.05) is 12.1 Å². The van der Waals surface area contributed by atoms with Crippen molar-refractivity contribution in [2.45, 2.75) is 25.9 Å². The maximum absolute atomic E-state index is 10.6. The zero-order valence-corrected chi connectivity index (χ0v) is 17.8. The fourth-order valence-electron chi connectivity index (χ4n) is 2.96. The highest BCUT2D eigenvalue weighted by molar-refractivity contribution is 5.81. The Morgan fingerprint density at radius 1 is 1.18 bits per heavy atom. The van der Waals surface area contributed by atoms with Crippen molar-refractivity contribution in [3.63, 3.8) is 0 Å². The summed E-state index contributed by atoms with van der Waals surface area (Å²) >= 11 is 0. The summed E-state index contributed by atoms with van der Waals surface area (Å²) in [5.74, 6) is 1.01. The Kier molecular flexibility index (Phi) is 6.30. The average molecular weight is 475 g/mol. The number of carboxylic acid groups (broad SMARTS) is 1. The molecule has 5 rings (SSSR count). The molecule has 3 heterocycles. The Bertz CT molecular complexity index is 1280. The van der Waals surface area contributed by atoms with E-state index < -0.39 is 12.1 Å². The summed E-state index contributed by atoms with van der Waals surface area (Å²) in [6.45, 7) is 2.76. The van der Waals surface area contributed by atoms with Crippen molar-refractivity contribution in [1.29, 1.82) is 0 Å². The molecule has 34 heavy (non-hydrogen) atoms. The summed E-state index contributed by atoms with van der Waals surface area (Å²) in [4.78, 5) is 27.2. The van der Waals surface area contributed by atoms with Gasteiger partial charge in [0.25, 0.3) is 0 Å². The van der Waals surface area contributed by atoms with Crippen LogP contribution in [0.4, 0.5) is 30.9 Å². The lowest BCUT2D eigenvalue weighted by Gasteiger charge is -2.10. The molecule has 1 aromatic carbocycles. The van der Waals surface area contributed by atoms with Crippen molar-refractivity contribution in [3.05, 3.63) is 42.4 Å². The maximum Gasteiger partial charge on any atom is 0.490 e. The fraction of sp³-hybridized carbons (Fsp3) is 0.300. The van der Waals surface area contributed by atoms with Crippen LogP contribution in [0.3, 0.4) is 0 Å². The molecule has 1 aliphatic rings. The number of anilines is 3. The molecule has 4 aromatic rings. The van der Waals surface area contributed by atoms with Crippen molar-refractivity contribution in [2.75, 3.05) is 17.2 Å². The minimum Gasteiger partial charge on any atom is -0.475 e. The monoisotopic (exact) mass is 475 g/mol. The average Bonchev–Trinajstić information content (AvgIpc) is 3.33. The topological polar surface area (TPSA) is 147 Å². The van der Waals surface area contributed by atoms with E-state index in [0.29, 0.717) is 29.5 Å². The molecular weight excluding hydrogens is 455 g/mol. The Hall–Kier alpha value is -4.23. The van der Waals surface area contributed by atoms with E-state index in [0.717, 1.165) is 23.5 Å². The number of nitrogens with zero attached hydrogens (tertiary/aromatic N) is 6. The first-order valence-electron chi connectivity index (χ1n) is 10.2. The van der Waals surface area contributed by atoms with Crippen molar-refractivity contribution >= 4 is 34.7 Å². The van der Waals surface area contributed by atoms with E-state index in [1.54, 1.807) is 6.20 Å². The number of aromatic amines is 1. The molecule has 1 aliphatic carbocycles. The van der Waals surface area contributed by atoms with E-state index in [1.807, 2.05) is 41.8 Å². The van der Waals surface area contributed by atoms with E-state index in [9.17, 15) is 13.2 Å². The van der Waals surface area contributed by atoms with Crippen molar-refractivity contribution in [2.24, 2.45) is 5.92 Å². The van der Waals surface area contributed by atoms with Gasteiger partial charge in [-0.15, -0.1) is 0 Å². The summed E-state index contributed by atoms with van der Waals surface area (Å²) in [7, 11) is 0. The molecule has 3 aromatic heterocycles. The molecule has 4 N–H and O–H groups in total. The Balaban J connectivity index is 0.000000344. The molecule has 0 atom stereocenters. The highest BCUT2D eigenvalue weighted by Gasteiger charge is 2.38. The highest BCUT2D eigenvalue weighted by atomic mass is 19.4. The van der Waals surface area contributed by atoms with E-state index in [-0.39, 0.29) is 0 Å². The second kappa shape index (κ2) is 9.33. The number of aliphatic carboxylic acids is 1. The summed E-state index contributed by atoms with van der Waals surface area (Å²) < 4.78 is 33.6. The predicted molar refractivity (Wildman–Crippen MR) is 116 cm³/mol.